The van der Waals surface area contributed by atoms with Crippen LogP contribution < -0.4 is 4.74 Å². The number of nitrogens with zero attached hydrogens (tertiary/aromatic N) is 1. The van der Waals surface area contributed by atoms with Crippen LogP contribution in [0.2, 0.25) is 0 Å². The summed E-state index contributed by atoms with van der Waals surface area (Å²) in [6.07, 6.45) is -4.75. The Bertz CT molecular complexity index is 666. The van der Waals surface area contributed by atoms with Gasteiger partial charge in [0.05, 0.1) is 4.92 Å². The van der Waals surface area contributed by atoms with E-state index in [9.17, 15) is 23.3 Å². The highest BCUT2D eigenvalue weighted by atomic mass is 19.4. The molecule has 21 heavy (non-hydrogen) atoms. The number of hydrogen-bond acceptors (Lipinski definition) is 3. The molecule has 0 aliphatic heterocycles. The molecule has 0 aliphatic rings. The van der Waals surface area contributed by atoms with E-state index >= 15 is 0 Å². The minimum atomic E-state index is -4.75. The van der Waals surface area contributed by atoms with Gasteiger partial charge in [0.1, 0.15) is 5.75 Å². The van der Waals surface area contributed by atoms with Gasteiger partial charge in [-0.25, -0.2) is 0 Å². The molecule has 0 radical (unpaired) electrons. The third-order valence-electron chi connectivity index (χ3n) is 2.83. The molecule has 0 unspecified atom stereocenters. The number of non-ortho nitro benzene ring substituents is 1. The zero-order valence-corrected chi connectivity index (χ0v) is 10.8. The van der Waals surface area contributed by atoms with E-state index in [0.29, 0.717) is 11.1 Å². The maximum absolute atomic E-state index is 12.1. The standard InChI is InChI=1S/C14H10F3NO3/c1-9-2-5-11(18(19)20)8-13(9)10-3-6-12(7-4-10)21-14(15,16)17/h2-8H,1H3. The molecular formula is C14H10F3NO3. The summed E-state index contributed by atoms with van der Waals surface area (Å²) in [6, 6.07) is 9.53. The second-order valence-corrected chi connectivity index (χ2v) is 4.33. The Labute approximate surface area is 117 Å². The third kappa shape index (κ3) is 3.71. The lowest BCUT2D eigenvalue weighted by atomic mass is 10.00. The summed E-state index contributed by atoms with van der Waals surface area (Å²) in [6.45, 7) is 1.76. The Hall–Kier alpha value is -2.57. The Morgan fingerprint density at radius 1 is 1.10 bits per heavy atom. The quantitative estimate of drug-likeness (QED) is 0.620. The first-order valence-electron chi connectivity index (χ1n) is 5.87. The molecule has 0 aromatic heterocycles. The lowest BCUT2D eigenvalue weighted by molar-refractivity contribution is -0.384. The van der Waals surface area contributed by atoms with E-state index in [1.54, 1.807) is 13.0 Å². The highest BCUT2D eigenvalue weighted by molar-refractivity contribution is 5.70. The fourth-order valence-corrected chi connectivity index (χ4v) is 1.87. The lowest BCUT2D eigenvalue weighted by Gasteiger charge is -2.10. The van der Waals surface area contributed by atoms with Crippen molar-refractivity contribution in [3.05, 3.63) is 58.1 Å². The minimum absolute atomic E-state index is 0.0776. The van der Waals surface area contributed by atoms with Gasteiger partial charge in [-0.15, -0.1) is 13.2 Å². The van der Waals surface area contributed by atoms with Crippen molar-refractivity contribution < 1.29 is 22.8 Å². The summed E-state index contributed by atoms with van der Waals surface area (Å²) in [5.41, 5.74) is 1.87. The summed E-state index contributed by atoms with van der Waals surface area (Å²) >= 11 is 0. The SMILES string of the molecule is Cc1ccc([N+](=O)[O-])cc1-c1ccc(OC(F)(F)F)cc1. The second kappa shape index (κ2) is 5.43. The number of nitro groups is 1. The Morgan fingerprint density at radius 2 is 1.71 bits per heavy atom. The molecule has 2 aromatic carbocycles. The molecule has 0 saturated carbocycles. The second-order valence-electron chi connectivity index (χ2n) is 4.33. The van der Waals surface area contributed by atoms with Gasteiger partial charge in [-0.05, 0) is 35.7 Å². The van der Waals surface area contributed by atoms with E-state index in [0.717, 1.165) is 5.56 Å². The lowest BCUT2D eigenvalue weighted by Crippen LogP contribution is -2.16. The number of nitro benzene ring substituents is 1. The van der Waals surface area contributed by atoms with Crippen LogP contribution >= 0.6 is 0 Å². The molecule has 0 atom stereocenters. The molecule has 0 amide bonds. The van der Waals surface area contributed by atoms with Crippen molar-refractivity contribution in [2.75, 3.05) is 0 Å². The monoisotopic (exact) mass is 297 g/mol. The van der Waals surface area contributed by atoms with Gasteiger partial charge in [0.15, 0.2) is 0 Å². The Balaban J connectivity index is 2.34. The van der Waals surface area contributed by atoms with Crippen molar-refractivity contribution in [3.63, 3.8) is 0 Å². The van der Waals surface area contributed by atoms with Gasteiger partial charge in [0.2, 0.25) is 0 Å². The van der Waals surface area contributed by atoms with Crippen molar-refractivity contribution >= 4 is 5.69 Å². The van der Waals surface area contributed by atoms with Crippen LogP contribution in [0.3, 0.4) is 0 Å². The summed E-state index contributed by atoms with van der Waals surface area (Å²) in [4.78, 5) is 10.2. The van der Waals surface area contributed by atoms with Gasteiger partial charge in [-0.3, -0.25) is 10.1 Å². The molecule has 2 aromatic rings. The number of rotatable bonds is 3. The van der Waals surface area contributed by atoms with E-state index in [2.05, 4.69) is 4.74 Å². The van der Waals surface area contributed by atoms with Crippen LogP contribution in [-0.2, 0) is 0 Å². The van der Waals surface area contributed by atoms with Crippen molar-refractivity contribution in [2.24, 2.45) is 0 Å². The maximum atomic E-state index is 12.1. The summed E-state index contributed by atoms with van der Waals surface area (Å²) < 4.78 is 40.0. The predicted octanol–water partition coefficient (Wildman–Crippen LogP) is 4.47. The predicted molar refractivity (Wildman–Crippen MR) is 70.0 cm³/mol. The highest BCUT2D eigenvalue weighted by Gasteiger charge is 2.30. The molecule has 110 valence electrons. The molecular weight excluding hydrogens is 287 g/mol. The van der Waals surface area contributed by atoms with E-state index in [1.165, 1.54) is 36.4 Å². The molecule has 0 aliphatic carbocycles. The normalized spacial score (nSPS) is 11.2. The molecule has 7 heteroatoms. The number of ether oxygens (including phenoxy) is 1. The van der Waals surface area contributed by atoms with Crippen molar-refractivity contribution in [2.45, 2.75) is 13.3 Å². The van der Waals surface area contributed by atoms with Gasteiger partial charge in [-0.1, -0.05) is 18.2 Å². The molecule has 0 saturated heterocycles. The van der Waals surface area contributed by atoms with E-state index in [1.807, 2.05) is 0 Å². The number of benzene rings is 2. The number of aryl methyl sites for hydroxylation is 1. The molecule has 0 bridgehead atoms. The van der Waals surface area contributed by atoms with Crippen molar-refractivity contribution in [1.82, 2.24) is 0 Å². The molecule has 0 heterocycles. The van der Waals surface area contributed by atoms with Crippen LogP contribution in [0.4, 0.5) is 18.9 Å². The third-order valence-corrected chi connectivity index (χ3v) is 2.83. The van der Waals surface area contributed by atoms with Crippen molar-refractivity contribution in [1.29, 1.82) is 0 Å². The van der Waals surface area contributed by atoms with Crippen LogP contribution in [0.25, 0.3) is 11.1 Å². The zero-order chi connectivity index (χ0) is 15.6. The van der Waals surface area contributed by atoms with Gasteiger partial charge < -0.3 is 4.74 Å². The fraction of sp³-hybridized carbons (Fsp3) is 0.143. The summed E-state index contributed by atoms with van der Waals surface area (Å²) in [5, 5.41) is 10.8. The topological polar surface area (TPSA) is 52.4 Å². The average Bonchev–Trinajstić information content (AvgIpc) is 2.38. The molecule has 0 fully saturated rings. The fourth-order valence-electron chi connectivity index (χ4n) is 1.87. The average molecular weight is 297 g/mol. The van der Waals surface area contributed by atoms with Gasteiger partial charge in [0.25, 0.3) is 5.69 Å². The van der Waals surface area contributed by atoms with E-state index in [4.69, 9.17) is 0 Å². The van der Waals surface area contributed by atoms with E-state index in [-0.39, 0.29) is 11.4 Å². The molecule has 0 spiro atoms. The number of hydrogen-bond donors (Lipinski definition) is 0. The first-order chi connectivity index (χ1) is 9.76. The van der Waals surface area contributed by atoms with Gasteiger partial charge in [-0.2, -0.15) is 0 Å². The van der Waals surface area contributed by atoms with Gasteiger partial charge >= 0.3 is 6.36 Å². The van der Waals surface area contributed by atoms with E-state index < -0.39 is 11.3 Å². The minimum Gasteiger partial charge on any atom is -0.406 e. The summed E-state index contributed by atoms with van der Waals surface area (Å²) in [5.74, 6) is -0.339. The zero-order valence-electron chi connectivity index (χ0n) is 10.8. The maximum Gasteiger partial charge on any atom is 0.573 e. The van der Waals surface area contributed by atoms with Gasteiger partial charge in [0, 0.05) is 12.1 Å². The molecule has 4 nitrogen and oxygen atoms in total. The molecule has 2 rings (SSSR count). The Morgan fingerprint density at radius 3 is 2.24 bits per heavy atom. The first-order valence-corrected chi connectivity index (χ1v) is 5.87. The van der Waals surface area contributed by atoms with Crippen LogP contribution in [0.5, 0.6) is 5.75 Å². The number of alkyl halides is 3. The van der Waals surface area contributed by atoms with Crippen LogP contribution in [0, 0.1) is 17.0 Å². The van der Waals surface area contributed by atoms with Crippen molar-refractivity contribution in [3.8, 4) is 16.9 Å². The summed E-state index contributed by atoms with van der Waals surface area (Å²) in [7, 11) is 0. The largest absolute Gasteiger partial charge is 0.573 e. The smallest absolute Gasteiger partial charge is 0.406 e. The van der Waals surface area contributed by atoms with Crippen LogP contribution in [0.1, 0.15) is 5.56 Å². The first kappa shape index (κ1) is 14.8. The number of halogens is 3. The van der Waals surface area contributed by atoms with Crippen LogP contribution in [0.15, 0.2) is 42.5 Å². The highest BCUT2D eigenvalue weighted by Crippen LogP contribution is 2.30. The van der Waals surface area contributed by atoms with Crippen LogP contribution in [-0.4, -0.2) is 11.3 Å². The Kier molecular flexibility index (Phi) is 3.84. The molecule has 0 N–H and O–H groups in total.